The van der Waals surface area contributed by atoms with Crippen molar-refractivity contribution in [3.8, 4) is 0 Å². The number of amides is 3. The topological polar surface area (TPSA) is 95.5 Å². The summed E-state index contributed by atoms with van der Waals surface area (Å²) in [5, 5.41) is 13.3. The highest BCUT2D eigenvalue weighted by Crippen LogP contribution is 2.00. The predicted octanol–water partition coefficient (Wildman–Crippen LogP) is 1.65. The number of rotatable bonds is 8. The van der Waals surface area contributed by atoms with Gasteiger partial charge in [-0.15, -0.1) is 0 Å². The molecule has 0 aromatic heterocycles. The van der Waals surface area contributed by atoms with Crippen molar-refractivity contribution in [2.45, 2.75) is 58.4 Å². The van der Waals surface area contributed by atoms with Gasteiger partial charge in [-0.05, 0) is 19.3 Å². The number of hydrogen-bond donors (Lipinski definition) is 3. The first kappa shape index (κ1) is 16.4. The van der Waals surface area contributed by atoms with Gasteiger partial charge in [-0.3, -0.25) is 14.9 Å². The second-order valence-electron chi connectivity index (χ2n) is 4.16. The van der Waals surface area contributed by atoms with Gasteiger partial charge in [0.05, 0.1) is 0 Å². The Balaban J connectivity index is 3.85. The molecule has 0 fully saturated rings. The van der Waals surface area contributed by atoms with Crippen LogP contribution in [0.15, 0.2) is 0 Å². The molecule has 0 aromatic carbocycles. The minimum absolute atomic E-state index is 0.0459. The SMILES string of the molecule is CCCC(CC)NC(=O)NC(=O)CCCC(=O)O. The maximum Gasteiger partial charge on any atom is 0.321 e. The Hall–Kier alpha value is -1.59. The number of carbonyl (C=O) groups is 3. The van der Waals surface area contributed by atoms with Crippen molar-refractivity contribution >= 4 is 17.9 Å². The highest BCUT2D eigenvalue weighted by atomic mass is 16.4. The van der Waals surface area contributed by atoms with Crippen LogP contribution in [-0.4, -0.2) is 29.1 Å². The first-order valence-corrected chi connectivity index (χ1v) is 6.31. The van der Waals surface area contributed by atoms with E-state index in [-0.39, 0.29) is 25.3 Å². The van der Waals surface area contributed by atoms with E-state index in [0.717, 1.165) is 19.3 Å². The summed E-state index contributed by atoms with van der Waals surface area (Å²) in [5.41, 5.74) is 0. The van der Waals surface area contributed by atoms with Crippen LogP contribution >= 0.6 is 0 Å². The molecule has 1 atom stereocenters. The van der Waals surface area contributed by atoms with E-state index in [1.807, 2.05) is 13.8 Å². The number of nitrogens with one attached hydrogen (secondary N) is 2. The number of carboxylic acid groups (broad SMARTS) is 1. The van der Waals surface area contributed by atoms with Crippen molar-refractivity contribution in [1.29, 1.82) is 0 Å². The number of hydrogen-bond acceptors (Lipinski definition) is 3. The quantitative estimate of drug-likeness (QED) is 0.616. The Labute approximate surface area is 107 Å². The highest BCUT2D eigenvalue weighted by molar-refractivity contribution is 5.94. The van der Waals surface area contributed by atoms with Gasteiger partial charge in [0.1, 0.15) is 0 Å². The van der Waals surface area contributed by atoms with Gasteiger partial charge in [0.25, 0.3) is 0 Å². The number of aliphatic carboxylic acids is 1. The zero-order chi connectivity index (χ0) is 14.0. The third kappa shape index (κ3) is 8.55. The first-order valence-electron chi connectivity index (χ1n) is 6.31. The van der Waals surface area contributed by atoms with E-state index in [1.165, 1.54) is 0 Å². The summed E-state index contributed by atoms with van der Waals surface area (Å²) in [6, 6.07) is -0.433. The van der Waals surface area contributed by atoms with Crippen LogP contribution in [0, 0.1) is 0 Å². The predicted molar refractivity (Wildman–Crippen MR) is 67.1 cm³/mol. The molecule has 18 heavy (non-hydrogen) atoms. The summed E-state index contributed by atoms with van der Waals surface area (Å²) in [4.78, 5) is 33.0. The molecule has 0 aliphatic carbocycles. The van der Waals surface area contributed by atoms with Gasteiger partial charge in [0.2, 0.25) is 5.91 Å². The van der Waals surface area contributed by atoms with E-state index in [2.05, 4.69) is 10.6 Å². The lowest BCUT2D eigenvalue weighted by Gasteiger charge is -2.15. The molecule has 6 heteroatoms. The van der Waals surface area contributed by atoms with Gasteiger partial charge in [-0.1, -0.05) is 20.3 Å². The number of carbonyl (C=O) groups excluding carboxylic acids is 2. The third-order valence-electron chi connectivity index (χ3n) is 2.51. The molecule has 0 radical (unpaired) electrons. The molecule has 0 heterocycles. The molecular weight excluding hydrogens is 236 g/mol. The third-order valence-corrected chi connectivity index (χ3v) is 2.51. The van der Waals surface area contributed by atoms with Crippen LogP contribution in [0.1, 0.15) is 52.4 Å². The van der Waals surface area contributed by atoms with Gasteiger partial charge >= 0.3 is 12.0 Å². The Kier molecular flexibility index (Phi) is 8.61. The second-order valence-corrected chi connectivity index (χ2v) is 4.16. The van der Waals surface area contributed by atoms with E-state index < -0.39 is 17.9 Å². The van der Waals surface area contributed by atoms with Crippen molar-refractivity contribution < 1.29 is 19.5 Å². The Morgan fingerprint density at radius 1 is 1.17 bits per heavy atom. The van der Waals surface area contributed by atoms with E-state index in [9.17, 15) is 14.4 Å². The molecule has 0 aliphatic rings. The molecule has 0 saturated carbocycles. The van der Waals surface area contributed by atoms with Crippen molar-refractivity contribution in [1.82, 2.24) is 10.6 Å². The summed E-state index contributed by atoms with van der Waals surface area (Å²) >= 11 is 0. The van der Waals surface area contributed by atoms with E-state index >= 15 is 0 Å². The molecule has 3 N–H and O–H groups in total. The monoisotopic (exact) mass is 258 g/mol. The lowest BCUT2D eigenvalue weighted by atomic mass is 10.1. The molecule has 3 amide bonds. The van der Waals surface area contributed by atoms with Gasteiger partial charge in [0, 0.05) is 18.9 Å². The molecule has 0 aliphatic heterocycles. The van der Waals surface area contributed by atoms with Gasteiger partial charge in [-0.25, -0.2) is 4.79 Å². The van der Waals surface area contributed by atoms with Crippen LogP contribution in [0.3, 0.4) is 0 Å². The van der Waals surface area contributed by atoms with Crippen LogP contribution in [0.4, 0.5) is 4.79 Å². The van der Waals surface area contributed by atoms with Crippen LogP contribution in [0.25, 0.3) is 0 Å². The normalized spacial score (nSPS) is 11.7. The number of imide groups is 1. The van der Waals surface area contributed by atoms with E-state index in [0.29, 0.717) is 0 Å². The van der Waals surface area contributed by atoms with Crippen LogP contribution in [0.5, 0.6) is 0 Å². The van der Waals surface area contributed by atoms with E-state index in [1.54, 1.807) is 0 Å². The average Bonchev–Trinajstić information content (AvgIpc) is 2.27. The Morgan fingerprint density at radius 2 is 1.83 bits per heavy atom. The highest BCUT2D eigenvalue weighted by Gasteiger charge is 2.12. The van der Waals surface area contributed by atoms with Crippen molar-refractivity contribution in [3.05, 3.63) is 0 Å². The van der Waals surface area contributed by atoms with E-state index in [4.69, 9.17) is 5.11 Å². The minimum Gasteiger partial charge on any atom is -0.481 e. The molecule has 0 spiro atoms. The molecule has 104 valence electrons. The summed E-state index contributed by atoms with van der Waals surface area (Å²) in [6.07, 6.45) is 2.87. The average molecular weight is 258 g/mol. The maximum absolute atomic E-state index is 11.4. The maximum atomic E-state index is 11.4. The summed E-state index contributed by atoms with van der Waals surface area (Å²) in [6.45, 7) is 3.99. The Bertz CT molecular complexity index is 292. The summed E-state index contributed by atoms with van der Waals surface area (Å²) in [7, 11) is 0. The molecule has 0 rings (SSSR count). The standard InChI is InChI=1S/C12H22N2O4/c1-3-6-9(4-2)13-12(18)14-10(15)7-5-8-11(16)17/h9H,3-8H2,1-2H3,(H,16,17)(H2,13,14,15,18). The molecule has 6 nitrogen and oxygen atoms in total. The molecule has 1 unspecified atom stereocenters. The molecule has 0 aromatic rings. The zero-order valence-corrected chi connectivity index (χ0v) is 11.0. The summed E-state index contributed by atoms with van der Waals surface area (Å²) in [5.74, 6) is -1.39. The second kappa shape index (κ2) is 9.44. The largest absolute Gasteiger partial charge is 0.481 e. The van der Waals surface area contributed by atoms with Crippen LogP contribution in [-0.2, 0) is 9.59 Å². The minimum atomic E-state index is -0.943. The lowest BCUT2D eigenvalue weighted by molar-refractivity contribution is -0.137. The van der Waals surface area contributed by atoms with Crippen LogP contribution in [0.2, 0.25) is 0 Å². The molecule has 0 saturated heterocycles. The van der Waals surface area contributed by atoms with Gasteiger partial charge < -0.3 is 10.4 Å². The lowest BCUT2D eigenvalue weighted by Crippen LogP contribution is -2.44. The fourth-order valence-electron chi connectivity index (χ4n) is 1.54. The van der Waals surface area contributed by atoms with Gasteiger partial charge in [0.15, 0.2) is 0 Å². The van der Waals surface area contributed by atoms with Crippen molar-refractivity contribution in [3.63, 3.8) is 0 Å². The first-order chi connectivity index (χ1) is 8.49. The zero-order valence-electron chi connectivity index (χ0n) is 11.0. The van der Waals surface area contributed by atoms with Gasteiger partial charge in [-0.2, -0.15) is 0 Å². The fourth-order valence-corrected chi connectivity index (χ4v) is 1.54. The fraction of sp³-hybridized carbons (Fsp3) is 0.750. The Morgan fingerprint density at radius 3 is 2.33 bits per heavy atom. The van der Waals surface area contributed by atoms with Crippen molar-refractivity contribution in [2.75, 3.05) is 0 Å². The van der Waals surface area contributed by atoms with Crippen molar-refractivity contribution in [2.24, 2.45) is 0 Å². The number of urea groups is 1. The summed E-state index contributed by atoms with van der Waals surface area (Å²) < 4.78 is 0. The molecule has 0 bridgehead atoms. The van der Waals surface area contributed by atoms with Crippen LogP contribution < -0.4 is 10.6 Å². The number of carboxylic acids is 1. The smallest absolute Gasteiger partial charge is 0.321 e. The molecular formula is C12H22N2O4.